The molecule has 140 valence electrons. The summed E-state index contributed by atoms with van der Waals surface area (Å²) in [7, 11) is -4.09. The van der Waals surface area contributed by atoms with E-state index in [-0.39, 0.29) is 22.8 Å². The third-order valence-corrected chi connectivity index (χ3v) is 4.65. The molecular formula is C13H15N4O8P. The second kappa shape index (κ2) is 7.20. The summed E-state index contributed by atoms with van der Waals surface area (Å²) in [6.45, 7) is 1.98. The minimum Gasteiger partial charge on any atom is -0.323 e. The van der Waals surface area contributed by atoms with Gasteiger partial charge < -0.3 is 14.9 Å². The summed E-state index contributed by atoms with van der Waals surface area (Å²) in [4.78, 5) is 59.2. The summed E-state index contributed by atoms with van der Waals surface area (Å²) >= 11 is 0. The minimum atomic E-state index is -4.09. The maximum absolute atomic E-state index is 11.8. The number of nitrogens with zero attached hydrogens (tertiary/aromatic N) is 2. The molecule has 0 radical (unpaired) electrons. The Kier molecular flexibility index (Phi) is 5.40. The number of hydrogen-bond donors (Lipinski definition) is 3. The second-order valence-electron chi connectivity index (χ2n) is 5.28. The Morgan fingerprint density at radius 3 is 2.50 bits per heavy atom. The SMILES string of the molecule is CCP(=O)(O)ON(Cc1cc([N+](=O)[O-])cc2[nH]c(=O)c(=O)[nH]c12)C(C)=O. The van der Waals surface area contributed by atoms with Crippen molar-refractivity contribution in [2.75, 3.05) is 6.16 Å². The predicted molar refractivity (Wildman–Crippen MR) is 89.5 cm³/mol. The number of hydrogen-bond acceptors (Lipinski definition) is 7. The zero-order chi connectivity index (χ0) is 19.6. The molecule has 1 aromatic heterocycles. The Morgan fingerprint density at radius 2 is 1.96 bits per heavy atom. The van der Waals surface area contributed by atoms with E-state index in [4.69, 9.17) is 4.62 Å². The summed E-state index contributed by atoms with van der Waals surface area (Å²) < 4.78 is 16.6. The summed E-state index contributed by atoms with van der Waals surface area (Å²) in [5.41, 5.74) is -2.39. The first kappa shape index (κ1) is 19.5. The second-order valence-corrected chi connectivity index (χ2v) is 7.35. The average molecular weight is 386 g/mol. The van der Waals surface area contributed by atoms with Crippen LogP contribution in [-0.2, 0) is 20.5 Å². The number of carbonyl (C=O) groups excluding carboxylic acids is 1. The van der Waals surface area contributed by atoms with Crippen molar-refractivity contribution >= 4 is 30.2 Å². The number of fused-ring (bicyclic) bond motifs is 1. The van der Waals surface area contributed by atoms with Crippen LogP contribution in [-0.4, -0.2) is 36.9 Å². The highest BCUT2D eigenvalue weighted by Crippen LogP contribution is 2.42. The van der Waals surface area contributed by atoms with Gasteiger partial charge in [0.2, 0.25) is 5.91 Å². The van der Waals surface area contributed by atoms with Crippen LogP contribution in [0.25, 0.3) is 11.0 Å². The molecule has 0 fully saturated rings. The molecule has 1 aromatic carbocycles. The average Bonchev–Trinajstić information content (AvgIpc) is 2.55. The molecular weight excluding hydrogens is 371 g/mol. The molecule has 13 heteroatoms. The van der Waals surface area contributed by atoms with Gasteiger partial charge in [0.1, 0.15) is 0 Å². The lowest BCUT2D eigenvalue weighted by molar-refractivity contribution is -0.384. The van der Waals surface area contributed by atoms with Crippen LogP contribution in [0.4, 0.5) is 5.69 Å². The van der Waals surface area contributed by atoms with Gasteiger partial charge in [0.25, 0.3) is 5.69 Å². The monoisotopic (exact) mass is 386 g/mol. The molecule has 12 nitrogen and oxygen atoms in total. The van der Waals surface area contributed by atoms with Crippen molar-refractivity contribution in [1.29, 1.82) is 0 Å². The van der Waals surface area contributed by atoms with Crippen LogP contribution < -0.4 is 11.1 Å². The Bertz CT molecular complexity index is 1040. The van der Waals surface area contributed by atoms with Gasteiger partial charge >= 0.3 is 18.7 Å². The number of non-ortho nitro benzene ring substituents is 1. The molecule has 2 aromatic rings. The number of hydroxylamine groups is 2. The highest BCUT2D eigenvalue weighted by atomic mass is 31.2. The molecule has 2 rings (SSSR count). The standard InChI is InChI=1S/C13H15N4O8P/c1-3-26(23,24)25-16(7(2)18)6-8-4-9(17(21)22)5-10-11(8)15-13(20)12(19)14-10/h4-5H,3,6H2,1-2H3,(H,14,19)(H,15,20)(H,23,24). The van der Waals surface area contributed by atoms with Crippen LogP contribution in [0.5, 0.6) is 0 Å². The third-order valence-electron chi connectivity index (χ3n) is 3.40. The van der Waals surface area contributed by atoms with E-state index in [1.54, 1.807) is 0 Å². The summed E-state index contributed by atoms with van der Waals surface area (Å²) in [5.74, 6) is -0.737. The van der Waals surface area contributed by atoms with Crippen molar-refractivity contribution in [1.82, 2.24) is 15.0 Å². The molecule has 0 aliphatic heterocycles. The fourth-order valence-electron chi connectivity index (χ4n) is 2.08. The zero-order valence-electron chi connectivity index (χ0n) is 13.7. The number of nitrogens with one attached hydrogen (secondary N) is 2. The maximum Gasteiger partial charge on any atom is 0.349 e. The van der Waals surface area contributed by atoms with E-state index in [1.807, 2.05) is 0 Å². The topological polar surface area (TPSA) is 176 Å². The zero-order valence-corrected chi connectivity index (χ0v) is 14.6. The molecule has 3 N–H and O–H groups in total. The van der Waals surface area contributed by atoms with Gasteiger partial charge in [0, 0.05) is 30.8 Å². The molecule has 0 saturated carbocycles. The number of nitro groups is 1. The number of amides is 1. The van der Waals surface area contributed by atoms with Crippen LogP contribution in [0.3, 0.4) is 0 Å². The fraction of sp³-hybridized carbons (Fsp3) is 0.308. The highest BCUT2D eigenvalue weighted by Gasteiger charge is 2.25. The first-order chi connectivity index (χ1) is 12.0. The van der Waals surface area contributed by atoms with Crippen molar-refractivity contribution in [3.8, 4) is 0 Å². The van der Waals surface area contributed by atoms with E-state index < -0.39 is 41.8 Å². The first-order valence-electron chi connectivity index (χ1n) is 7.27. The number of aromatic nitrogens is 2. The number of H-pyrrole nitrogens is 2. The summed E-state index contributed by atoms with van der Waals surface area (Å²) in [6, 6.07) is 2.10. The number of rotatable bonds is 6. The molecule has 1 amide bonds. The number of carbonyl (C=O) groups is 1. The maximum atomic E-state index is 11.8. The number of nitro benzene ring substituents is 1. The molecule has 1 atom stereocenters. The molecule has 0 aliphatic carbocycles. The number of benzene rings is 1. The first-order valence-corrected chi connectivity index (χ1v) is 9.03. The lowest BCUT2D eigenvalue weighted by atomic mass is 10.1. The number of aromatic amines is 2. The lowest BCUT2D eigenvalue weighted by Crippen LogP contribution is -2.31. The van der Waals surface area contributed by atoms with Gasteiger partial charge in [-0.3, -0.25) is 29.1 Å². The minimum absolute atomic E-state index is 0.0271. The molecule has 0 saturated heterocycles. The molecule has 0 bridgehead atoms. The molecule has 0 spiro atoms. The van der Waals surface area contributed by atoms with Gasteiger partial charge in [-0.05, 0) is 0 Å². The van der Waals surface area contributed by atoms with Crippen LogP contribution in [0.2, 0.25) is 0 Å². The largest absolute Gasteiger partial charge is 0.349 e. The van der Waals surface area contributed by atoms with Crippen LogP contribution in [0, 0.1) is 10.1 Å². The molecule has 1 unspecified atom stereocenters. The van der Waals surface area contributed by atoms with Crippen LogP contribution in [0.1, 0.15) is 19.4 Å². The highest BCUT2D eigenvalue weighted by molar-refractivity contribution is 7.52. The Hall–Kier alpha value is -2.82. The van der Waals surface area contributed by atoms with E-state index in [9.17, 15) is 34.0 Å². The van der Waals surface area contributed by atoms with Gasteiger partial charge in [-0.2, -0.15) is 4.62 Å². The van der Waals surface area contributed by atoms with E-state index >= 15 is 0 Å². The molecule has 26 heavy (non-hydrogen) atoms. The van der Waals surface area contributed by atoms with Gasteiger partial charge in [-0.25, -0.2) is 5.06 Å². The smallest absolute Gasteiger partial charge is 0.323 e. The Balaban J connectivity index is 2.62. The van der Waals surface area contributed by atoms with Crippen molar-refractivity contribution in [2.24, 2.45) is 0 Å². The van der Waals surface area contributed by atoms with Gasteiger partial charge in [0.05, 0.1) is 22.5 Å². The Labute approximate surface area is 145 Å². The van der Waals surface area contributed by atoms with Gasteiger partial charge in [0.15, 0.2) is 0 Å². The van der Waals surface area contributed by atoms with Crippen molar-refractivity contribution < 1.29 is 23.8 Å². The normalized spacial score (nSPS) is 13.3. The van der Waals surface area contributed by atoms with Crippen molar-refractivity contribution in [3.63, 3.8) is 0 Å². The fourth-order valence-corrected chi connectivity index (χ4v) is 2.67. The summed E-state index contributed by atoms with van der Waals surface area (Å²) in [5, 5.41) is 11.7. The predicted octanol–water partition coefficient (Wildman–Crippen LogP) is 0.610. The lowest BCUT2D eigenvalue weighted by Gasteiger charge is -2.22. The van der Waals surface area contributed by atoms with Crippen LogP contribution >= 0.6 is 7.60 Å². The van der Waals surface area contributed by atoms with E-state index in [0.29, 0.717) is 5.06 Å². The Morgan fingerprint density at radius 1 is 1.35 bits per heavy atom. The van der Waals surface area contributed by atoms with Gasteiger partial charge in [-0.15, -0.1) is 0 Å². The quantitative estimate of drug-likeness (QED) is 0.280. The third kappa shape index (κ3) is 4.23. The van der Waals surface area contributed by atoms with Gasteiger partial charge in [-0.1, -0.05) is 6.92 Å². The van der Waals surface area contributed by atoms with Crippen molar-refractivity contribution in [3.05, 3.63) is 48.5 Å². The summed E-state index contributed by atoms with van der Waals surface area (Å²) in [6.07, 6.45) is -0.267. The van der Waals surface area contributed by atoms with E-state index in [2.05, 4.69) is 9.97 Å². The van der Waals surface area contributed by atoms with Crippen LogP contribution in [0.15, 0.2) is 21.7 Å². The molecule has 1 heterocycles. The van der Waals surface area contributed by atoms with E-state index in [0.717, 1.165) is 19.1 Å². The molecule has 0 aliphatic rings. The van der Waals surface area contributed by atoms with Crippen molar-refractivity contribution in [2.45, 2.75) is 20.4 Å². The van der Waals surface area contributed by atoms with E-state index in [1.165, 1.54) is 6.92 Å².